The number of nitrogens with one attached hydrogen (secondary N) is 1. The number of hydrogen-bond acceptors (Lipinski definition) is 12. The molecule has 320 valence electrons. The van der Waals surface area contributed by atoms with Gasteiger partial charge in [-0.05, 0) is 74.8 Å². The van der Waals surface area contributed by atoms with Crippen molar-refractivity contribution >= 4 is 62.4 Å². The number of anilines is 3. The van der Waals surface area contributed by atoms with E-state index in [1.165, 1.54) is 5.56 Å². The number of pyridine rings is 1. The van der Waals surface area contributed by atoms with Gasteiger partial charge in [-0.15, -0.1) is 0 Å². The first-order valence-electron chi connectivity index (χ1n) is 20.8. The molecule has 5 aromatic rings. The molecule has 9 rings (SSSR count). The van der Waals surface area contributed by atoms with Crippen molar-refractivity contribution in [3.05, 3.63) is 119 Å². The Hall–Kier alpha value is -5.86. The van der Waals surface area contributed by atoms with Gasteiger partial charge in [-0.1, -0.05) is 58.0 Å². The predicted molar refractivity (Wildman–Crippen MR) is 247 cm³/mol. The Labute approximate surface area is 369 Å². The summed E-state index contributed by atoms with van der Waals surface area (Å²) in [6.07, 6.45) is 7.29. The number of aromatic nitrogens is 1. The summed E-state index contributed by atoms with van der Waals surface area (Å²) in [4.78, 5) is 41.4. The smallest absolute Gasteiger partial charge is 0.261 e. The molecule has 2 unspecified atom stereocenters. The van der Waals surface area contributed by atoms with E-state index in [0.717, 1.165) is 36.2 Å². The molecule has 4 aliphatic rings. The second kappa shape index (κ2) is 17.5. The molecular weight excluding hydrogens is 823 g/mol. The van der Waals surface area contributed by atoms with E-state index in [2.05, 4.69) is 37.6 Å². The van der Waals surface area contributed by atoms with Crippen LogP contribution in [0.3, 0.4) is 0 Å². The lowest BCUT2D eigenvalue weighted by Crippen LogP contribution is -2.39. The van der Waals surface area contributed by atoms with E-state index >= 15 is 0 Å². The quantitative estimate of drug-likeness (QED) is 0.0800. The normalized spacial score (nSPS) is 17.1. The molecule has 62 heavy (non-hydrogen) atoms. The number of methoxy groups -OCH3 is 2. The summed E-state index contributed by atoms with van der Waals surface area (Å²) in [5.74, 6) is 2.18. The number of carbonyl (C=O) groups excluding carboxylic acids is 2. The average Bonchev–Trinajstić information content (AvgIpc) is 3.77. The number of nitrogens with zero attached hydrogens (tertiary/aromatic N) is 4. The van der Waals surface area contributed by atoms with Crippen LogP contribution in [0.2, 0.25) is 0 Å². The van der Waals surface area contributed by atoms with Gasteiger partial charge in [-0.25, -0.2) is 0 Å². The molecule has 4 aliphatic heterocycles. The molecule has 0 fully saturated rings. The molecule has 0 radical (unpaired) electrons. The van der Waals surface area contributed by atoms with Gasteiger partial charge in [0, 0.05) is 59.6 Å². The van der Waals surface area contributed by atoms with Crippen LogP contribution in [0.25, 0.3) is 0 Å². The summed E-state index contributed by atoms with van der Waals surface area (Å²) in [6, 6.07) is 26.6. The van der Waals surface area contributed by atoms with Crippen LogP contribution in [0.15, 0.2) is 89.9 Å². The Morgan fingerprint density at radius 1 is 0.758 bits per heavy atom. The summed E-state index contributed by atoms with van der Waals surface area (Å²) in [5.41, 5.74) is 7.51. The van der Waals surface area contributed by atoms with E-state index < -0.39 is 0 Å². The third-order valence-electron chi connectivity index (χ3n) is 11.6. The summed E-state index contributed by atoms with van der Waals surface area (Å²) < 4.78 is 30.9. The van der Waals surface area contributed by atoms with Crippen molar-refractivity contribution < 1.29 is 33.3 Å². The lowest BCUT2D eigenvalue weighted by molar-refractivity contribution is 0.0976. The van der Waals surface area contributed by atoms with Crippen LogP contribution in [0.4, 0.5) is 22.7 Å². The van der Waals surface area contributed by atoms with Crippen LogP contribution in [-0.4, -0.2) is 73.5 Å². The molecular formula is C48H49N5O7S2. The van der Waals surface area contributed by atoms with Gasteiger partial charge in [0.2, 0.25) is 0 Å². The Bertz CT molecular complexity index is 2570. The number of carbonyl (C=O) groups is 2. The minimum atomic E-state index is -0.175. The Morgan fingerprint density at radius 2 is 1.39 bits per heavy atom. The fourth-order valence-electron chi connectivity index (χ4n) is 8.71. The van der Waals surface area contributed by atoms with Crippen LogP contribution < -0.4 is 38.8 Å². The Kier molecular flexibility index (Phi) is 11.7. The first kappa shape index (κ1) is 41.5. The SMILES string of the molecule is COc1cc2c(cc1OCc1cc(OCCCC(C)(C)SSC)cc(COc3cc4c(cc3OC)C(=O)N3c5ccccc5CC3CN4)n1)N=CC1Cc3ccccc3N1C2=O. The Balaban J connectivity index is 0.954. The summed E-state index contributed by atoms with van der Waals surface area (Å²) >= 11 is 0. The third kappa shape index (κ3) is 8.25. The predicted octanol–water partition coefficient (Wildman–Crippen LogP) is 9.49. The van der Waals surface area contributed by atoms with E-state index in [1.54, 1.807) is 43.2 Å². The number of hydrogen-bond donors (Lipinski definition) is 1. The van der Waals surface area contributed by atoms with Gasteiger partial charge in [0.15, 0.2) is 23.0 Å². The fraction of sp³-hybridized carbons (Fsp3) is 0.333. The highest BCUT2D eigenvalue weighted by atomic mass is 33.1. The minimum Gasteiger partial charge on any atom is -0.493 e. The third-order valence-corrected chi connectivity index (χ3v) is 14.3. The lowest BCUT2D eigenvalue weighted by atomic mass is 10.1. The second-order valence-corrected chi connectivity index (χ2v) is 19.4. The molecule has 0 aliphatic carbocycles. The fourth-order valence-corrected chi connectivity index (χ4v) is 11.0. The molecule has 14 heteroatoms. The lowest BCUT2D eigenvalue weighted by Gasteiger charge is -2.22. The van der Waals surface area contributed by atoms with Crippen LogP contribution in [-0.2, 0) is 26.1 Å². The highest BCUT2D eigenvalue weighted by Crippen LogP contribution is 2.43. The maximum atomic E-state index is 14.0. The van der Waals surface area contributed by atoms with E-state index in [1.807, 2.05) is 81.4 Å². The van der Waals surface area contributed by atoms with E-state index in [4.69, 9.17) is 33.7 Å². The van der Waals surface area contributed by atoms with Crippen molar-refractivity contribution in [3.8, 4) is 28.7 Å². The van der Waals surface area contributed by atoms with Crippen molar-refractivity contribution in [2.45, 2.75) is 69.6 Å². The van der Waals surface area contributed by atoms with Gasteiger partial charge in [-0.3, -0.25) is 24.5 Å². The number of aliphatic imine (C=N–C) groups is 1. The van der Waals surface area contributed by atoms with Crippen LogP contribution in [0.1, 0.15) is 69.9 Å². The molecule has 4 aromatic carbocycles. The zero-order valence-electron chi connectivity index (χ0n) is 35.4. The molecule has 0 bridgehead atoms. The van der Waals surface area contributed by atoms with Crippen molar-refractivity contribution in [2.24, 2.45) is 4.99 Å². The molecule has 2 amide bonds. The van der Waals surface area contributed by atoms with Crippen LogP contribution >= 0.6 is 21.6 Å². The van der Waals surface area contributed by atoms with Gasteiger partial charge < -0.3 is 33.9 Å². The average molecular weight is 872 g/mol. The standard InChI is InChI=1S/C48H49N5O7S2/c1-48(2,62-61-5)15-10-16-58-35-19-31(27-59-44-23-38-36(21-42(44)56-3)46(54)52-33(25-49-38)17-29-11-6-8-13-40(29)52)51-32(20-35)28-60-45-24-39-37(22-43(45)57-4)47(55)53-34(26-50-39)18-30-12-7-9-14-41(30)53/h6-9,11-14,19-25,33-34,50H,10,15-18,26-28H2,1-5H3. The maximum Gasteiger partial charge on any atom is 0.261 e. The van der Waals surface area contributed by atoms with E-state index in [0.29, 0.717) is 82.2 Å². The van der Waals surface area contributed by atoms with Crippen LogP contribution in [0, 0.1) is 0 Å². The van der Waals surface area contributed by atoms with Crippen molar-refractivity contribution in [1.82, 2.24) is 4.98 Å². The van der Waals surface area contributed by atoms with Crippen LogP contribution in [0.5, 0.6) is 28.7 Å². The minimum absolute atomic E-state index is 0.00228. The van der Waals surface area contributed by atoms with Gasteiger partial charge in [0.25, 0.3) is 11.8 Å². The highest BCUT2D eigenvalue weighted by Gasteiger charge is 2.39. The van der Waals surface area contributed by atoms with Crippen molar-refractivity contribution in [3.63, 3.8) is 0 Å². The van der Waals surface area contributed by atoms with E-state index in [9.17, 15) is 9.59 Å². The number of benzene rings is 4. The van der Waals surface area contributed by atoms with Gasteiger partial charge >= 0.3 is 0 Å². The monoisotopic (exact) mass is 871 g/mol. The van der Waals surface area contributed by atoms with Crippen molar-refractivity contribution in [2.75, 3.05) is 48.7 Å². The van der Waals surface area contributed by atoms with Gasteiger partial charge in [0.05, 0.1) is 66.8 Å². The van der Waals surface area contributed by atoms with Gasteiger partial charge in [0.1, 0.15) is 19.0 Å². The number of rotatable bonds is 15. The molecule has 0 saturated carbocycles. The highest BCUT2D eigenvalue weighted by molar-refractivity contribution is 8.76. The molecule has 5 heterocycles. The molecule has 2 atom stereocenters. The van der Waals surface area contributed by atoms with Crippen molar-refractivity contribution in [1.29, 1.82) is 0 Å². The molecule has 1 aromatic heterocycles. The van der Waals surface area contributed by atoms with E-state index in [-0.39, 0.29) is 41.9 Å². The number of amides is 2. The number of fused-ring (bicyclic) bond motifs is 8. The zero-order chi connectivity index (χ0) is 43.0. The second-order valence-electron chi connectivity index (χ2n) is 16.3. The summed E-state index contributed by atoms with van der Waals surface area (Å²) in [7, 11) is 6.76. The summed E-state index contributed by atoms with van der Waals surface area (Å²) in [5, 5.41) is 3.50. The largest absolute Gasteiger partial charge is 0.493 e. The topological polar surface area (TPSA) is 124 Å². The Morgan fingerprint density at radius 3 is 2.08 bits per heavy atom. The number of ether oxygens (including phenoxy) is 5. The number of para-hydroxylation sites is 2. The van der Waals surface area contributed by atoms with Gasteiger partial charge in [-0.2, -0.15) is 0 Å². The zero-order valence-corrected chi connectivity index (χ0v) is 37.1. The maximum absolute atomic E-state index is 14.0. The molecule has 1 N–H and O–H groups in total. The molecule has 0 spiro atoms. The molecule has 0 saturated heterocycles. The summed E-state index contributed by atoms with van der Waals surface area (Å²) in [6.45, 7) is 5.78. The molecule has 12 nitrogen and oxygen atoms in total. The first-order chi connectivity index (χ1) is 30.1. The first-order valence-corrected chi connectivity index (χ1v) is 23.3.